The summed E-state index contributed by atoms with van der Waals surface area (Å²) in [5.41, 5.74) is 5.91. The Bertz CT molecular complexity index is 922. The van der Waals surface area contributed by atoms with Crippen LogP contribution in [-0.4, -0.2) is 19.0 Å². The molecule has 0 saturated heterocycles. The summed E-state index contributed by atoms with van der Waals surface area (Å²) in [7, 11) is -0.320. The van der Waals surface area contributed by atoms with Gasteiger partial charge in [0.2, 0.25) is 0 Å². The van der Waals surface area contributed by atoms with Crippen LogP contribution >= 0.6 is 0 Å². The van der Waals surface area contributed by atoms with Gasteiger partial charge in [-0.1, -0.05) is 118 Å². The lowest BCUT2D eigenvalue weighted by Crippen LogP contribution is -2.20. The Morgan fingerprint density at radius 2 is 0.538 bits per heavy atom. The third kappa shape index (κ3) is 2.68. The molecule has 0 unspecified atom stereocenters. The van der Waals surface area contributed by atoms with Crippen molar-refractivity contribution >= 4 is 39.8 Å². The Kier molecular flexibility index (Phi) is 3.92. The van der Waals surface area contributed by atoms with Crippen molar-refractivity contribution in [1.82, 2.24) is 0 Å². The fourth-order valence-electron chi connectivity index (χ4n) is 4.16. The van der Waals surface area contributed by atoms with Crippen LogP contribution in [0.5, 0.6) is 0 Å². The van der Waals surface area contributed by atoms with Crippen LogP contribution in [0.25, 0.3) is 22.3 Å². The van der Waals surface area contributed by atoms with Gasteiger partial charge in [-0.15, -0.1) is 0 Å². The number of benzene rings is 4. The van der Waals surface area contributed by atoms with E-state index < -0.39 is 0 Å². The molecule has 2 heteroatoms. The first-order valence-corrected chi connectivity index (χ1v) is 12.1. The van der Waals surface area contributed by atoms with Crippen molar-refractivity contribution in [1.29, 1.82) is 0 Å². The van der Waals surface area contributed by atoms with Crippen LogP contribution in [0.2, 0.25) is 0 Å². The van der Waals surface area contributed by atoms with Gasteiger partial charge < -0.3 is 0 Å². The standard InChI is InChI=1S/2C12H10Si/c2*1-3-7-11-9(5-1)10-6-2-4-8-12(10)13-11/h2*1-8H,13H2. The molecule has 0 saturated carbocycles. The van der Waals surface area contributed by atoms with Crippen molar-refractivity contribution in [3.8, 4) is 22.3 Å². The topological polar surface area (TPSA) is 0 Å². The summed E-state index contributed by atoms with van der Waals surface area (Å²) >= 11 is 0. The molecule has 26 heavy (non-hydrogen) atoms. The molecule has 0 atom stereocenters. The summed E-state index contributed by atoms with van der Waals surface area (Å²) in [4.78, 5) is 0. The molecule has 0 nitrogen and oxygen atoms in total. The van der Waals surface area contributed by atoms with E-state index in [-0.39, 0.29) is 19.0 Å². The maximum Gasteiger partial charge on any atom is 0.0891 e. The van der Waals surface area contributed by atoms with E-state index in [0.29, 0.717) is 0 Å². The minimum atomic E-state index is -0.160. The average Bonchev–Trinajstić information content (AvgIpc) is 3.27. The zero-order valence-electron chi connectivity index (χ0n) is 14.7. The van der Waals surface area contributed by atoms with Gasteiger partial charge >= 0.3 is 0 Å². The van der Waals surface area contributed by atoms with Crippen molar-refractivity contribution < 1.29 is 0 Å². The van der Waals surface area contributed by atoms with Crippen LogP contribution in [0, 0.1) is 0 Å². The number of hydrogen-bond donors (Lipinski definition) is 0. The molecule has 4 aromatic rings. The monoisotopic (exact) mass is 364 g/mol. The number of hydrogen-bond acceptors (Lipinski definition) is 0. The Balaban J connectivity index is 0.000000115. The largest absolute Gasteiger partial charge is 0.0891 e. The Hall–Kier alpha value is -2.69. The van der Waals surface area contributed by atoms with Gasteiger partial charge in [0.05, 0.1) is 19.0 Å². The third-order valence-electron chi connectivity index (χ3n) is 5.41. The number of fused-ring (bicyclic) bond motifs is 6. The Morgan fingerprint density at radius 3 is 0.808 bits per heavy atom. The highest BCUT2D eigenvalue weighted by molar-refractivity contribution is 6.73. The lowest BCUT2D eigenvalue weighted by molar-refractivity contribution is 1.71. The van der Waals surface area contributed by atoms with E-state index in [1.54, 1.807) is 20.7 Å². The fourth-order valence-corrected chi connectivity index (χ4v) is 7.99. The van der Waals surface area contributed by atoms with Crippen LogP contribution in [-0.2, 0) is 0 Å². The molecule has 6 rings (SSSR count). The van der Waals surface area contributed by atoms with Crippen molar-refractivity contribution in [2.45, 2.75) is 0 Å². The minimum Gasteiger partial charge on any atom is -0.0627 e. The van der Waals surface area contributed by atoms with Gasteiger partial charge in [-0.05, 0) is 22.3 Å². The Morgan fingerprint density at radius 1 is 0.308 bits per heavy atom. The molecule has 0 aliphatic carbocycles. The molecule has 4 aromatic carbocycles. The molecule has 0 bridgehead atoms. The molecule has 0 N–H and O–H groups in total. The molecule has 2 heterocycles. The molecule has 0 fully saturated rings. The van der Waals surface area contributed by atoms with E-state index in [2.05, 4.69) is 97.1 Å². The van der Waals surface area contributed by atoms with Gasteiger partial charge in [0.15, 0.2) is 0 Å². The molecule has 124 valence electrons. The lowest BCUT2D eigenvalue weighted by Gasteiger charge is -1.98. The van der Waals surface area contributed by atoms with Crippen molar-refractivity contribution in [2.24, 2.45) is 0 Å². The highest BCUT2D eigenvalue weighted by Gasteiger charge is 2.17. The van der Waals surface area contributed by atoms with Gasteiger partial charge in [-0.25, -0.2) is 0 Å². The van der Waals surface area contributed by atoms with Gasteiger partial charge in [0.1, 0.15) is 0 Å². The first-order chi connectivity index (χ1) is 12.9. The van der Waals surface area contributed by atoms with Crippen LogP contribution in [0.1, 0.15) is 0 Å². The summed E-state index contributed by atoms with van der Waals surface area (Å²) in [5, 5.41) is 6.40. The normalized spacial score (nSPS) is 12.3. The predicted molar refractivity (Wildman–Crippen MR) is 119 cm³/mol. The lowest BCUT2D eigenvalue weighted by atomic mass is 10.1. The van der Waals surface area contributed by atoms with E-state index in [1.807, 2.05) is 0 Å². The summed E-state index contributed by atoms with van der Waals surface area (Å²) in [5.74, 6) is 0. The van der Waals surface area contributed by atoms with Crippen LogP contribution in [0.3, 0.4) is 0 Å². The average molecular weight is 365 g/mol. The molecule has 2 aliphatic heterocycles. The van der Waals surface area contributed by atoms with E-state index >= 15 is 0 Å². The van der Waals surface area contributed by atoms with Gasteiger partial charge in [-0.3, -0.25) is 0 Å². The van der Waals surface area contributed by atoms with Crippen LogP contribution < -0.4 is 20.7 Å². The maximum atomic E-state index is 2.28. The second-order valence-corrected chi connectivity index (χ2v) is 10.7. The highest BCUT2D eigenvalue weighted by atomic mass is 28.2. The second-order valence-electron chi connectivity index (χ2n) is 6.98. The fraction of sp³-hybridized carbons (Fsp3) is 0. The van der Waals surface area contributed by atoms with E-state index in [9.17, 15) is 0 Å². The van der Waals surface area contributed by atoms with Gasteiger partial charge in [0, 0.05) is 0 Å². The molecule has 0 aromatic heterocycles. The Labute approximate surface area is 159 Å². The van der Waals surface area contributed by atoms with Crippen LogP contribution in [0.15, 0.2) is 97.1 Å². The highest BCUT2D eigenvalue weighted by Crippen LogP contribution is 2.19. The predicted octanol–water partition coefficient (Wildman–Crippen LogP) is 1.57. The summed E-state index contributed by atoms with van der Waals surface area (Å²) in [6, 6.07) is 35.2. The quantitative estimate of drug-likeness (QED) is 0.359. The molecule has 0 amide bonds. The SMILES string of the molecule is c1ccc2c(c1)[SiH2]c1ccccc1-2.c1ccc2c(c1)[SiH2]c1ccccc1-2. The van der Waals surface area contributed by atoms with Crippen molar-refractivity contribution in [3.63, 3.8) is 0 Å². The molecule has 2 aliphatic rings. The van der Waals surface area contributed by atoms with Gasteiger partial charge in [-0.2, -0.15) is 0 Å². The zero-order chi connectivity index (χ0) is 17.3. The van der Waals surface area contributed by atoms with Crippen molar-refractivity contribution in [3.05, 3.63) is 97.1 Å². The molecule has 0 spiro atoms. The molecular weight excluding hydrogens is 344 g/mol. The first kappa shape index (κ1) is 15.6. The van der Waals surface area contributed by atoms with E-state index in [0.717, 1.165) is 0 Å². The second kappa shape index (κ2) is 6.56. The molecular formula is C24H20Si2. The molecule has 0 radical (unpaired) electrons. The van der Waals surface area contributed by atoms with Gasteiger partial charge in [0.25, 0.3) is 0 Å². The minimum absolute atomic E-state index is 0.160. The van der Waals surface area contributed by atoms with Crippen LogP contribution in [0.4, 0.5) is 0 Å². The van der Waals surface area contributed by atoms with E-state index in [4.69, 9.17) is 0 Å². The van der Waals surface area contributed by atoms with E-state index in [1.165, 1.54) is 22.3 Å². The first-order valence-electron chi connectivity index (χ1n) is 9.22. The summed E-state index contributed by atoms with van der Waals surface area (Å²) in [6.07, 6.45) is 0. The number of rotatable bonds is 0. The maximum absolute atomic E-state index is 2.28. The zero-order valence-corrected chi connectivity index (χ0v) is 17.5. The third-order valence-corrected chi connectivity index (χ3v) is 9.40. The summed E-state index contributed by atoms with van der Waals surface area (Å²) < 4.78 is 0. The summed E-state index contributed by atoms with van der Waals surface area (Å²) in [6.45, 7) is 0. The van der Waals surface area contributed by atoms with Crippen molar-refractivity contribution in [2.75, 3.05) is 0 Å². The smallest absolute Gasteiger partial charge is 0.0627 e.